The van der Waals surface area contributed by atoms with Gasteiger partial charge in [-0.3, -0.25) is 14.4 Å². The molecule has 0 unspecified atom stereocenters. The summed E-state index contributed by atoms with van der Waals surface area (Å²) >= 11 is 5.80. The zero-order chi connectivity index (χ0) is 27.0. The molecule has 1 saturated carbocycles. The summed E-state index contributed by atoms with van der Waals surface area (Å²) in [6.45, 7) is 1.52. The maximum Gasteiger partial charge on any atom is 0.243 e. The monoisotopic (exact) mass is 543 g/mol. The number of likely N-dealkylation sites (tertiary alicyclic amines) is 1. The van der Waals surface area contributed by atoms with E-state index in [1.54, 1.807) is 35.0 Å². The van der Waals surface area contributed by atoms with Gasteiger partial charge in [0.25, 0.3) is 0 Å². The number of halogens is 3. The Morgan fingerprint density at radius 2 is 1.97 bits per heavy atom. The van der Waals surface area contributed by atoms with Crippen LogP contribution in [0, 0.1) is 11.7 Å². The molecule has 1 N–H and O–H groups in total. The second-order valence-electron chi connectivity index (χ2n) is 9.99. The Bertz CT molecular complexity index is 1400. The number of hydrogen-bond donors (Lipinski definition) is 1. The van der Waals surface area contributed by atoms with Crippen LogP contribution in [0.25, 0.3) is 10.9 Å². The number of carbonyl (C=O) groups excluding carboxylic acids is 3. The molecule has 38 heavy (non-hydrogen) atoms. The number of hydrogen-bond acceptors (Lipinski definition) is 4. The fourth-order valence-corrected chi connectivity index (χ4v) is 5.00. The third-order valence-electron chi connectivity index (χ3n) is 7.08. The van der Waals surface area contributed by atoms with Crippen LogP contribution in [-0.4, -0.2) is 52.4 Å². The molecule has 2 fully saturated rings. The molecule has 3 aromatic rings. The molecule has 1 aromatic heterocycles. The summed E-state index contributed by atoms with van der Waals surface area (Å²) in [4.78, 5) is 39.7. The number of aromatic nitrogens is 1. The Morgan fingerprint density at radius 3 is 2.71 bits per heavy atom. The first kappa shape index (κ1) is 26.2. The molecule has 0 bridgehead atoms. The molecule has 1 aliphatic carbocycles. The molecule has 0 radical (unpaired) electrons. The van der Waals surface area contributed by atoms with Crippen LogP contribution in [0.15, 0.2) is 42.6 Å². The van der Waals surface area contributed by atoms with Gasteiger partial charge in [-0.05, 0) is 43.9 Å². The van der Waals surface area contributed by atoms with E-state index >= 15 is 0 Å². The number of alkyl halides is 1. The number of nitrogens with zero attached hydrogens (tertiary/aromatic N) is 2. The van der Waals surface area contributed by atoms with Gasteiger partial charge in [0, 0.05) is 41.7 Å². The van der Waals surface area contributed by atoms with Crippen LogP contribution < -0.4 is 10.1 Å². The lowest BCUT2D eigenvalue weighted by molar-refractivity contribution is -0.139. The highest BCUT2D eigenvalue weighted by Crippen LogP contribution is 2.32. The van der Waals surface area contributed by atoms with Crippen LogP contribution >= 0.6 is 11.6 Å². The number of carbonyl (C=O) groups is 3. The third-order valence-corrected chi connectivity index (χ3v) is 7.37. The van der Waals surface area contributed by atoms with Crippen LogP contribution in [0.1, 0.15) is 42.1 Å². The smallest absolute Gasteiger partial charge is 0.243 e. The summed E-state index contributed by atoms with van der Waals surface area (Å²) in [7, 11) is 0. The zero-order valence-electron chi connectivity index (χ0n) is 20.9. The van der Waals surface area contributed by atoms with Crippen LogP contribution in [0.3, 0.4) is 0 Å². The normalized spacial score (nSPS) is 19.1. The minimum atomic E-state index is -1.37. The van der Waals surface area contributed by atoms with E-state index in [2.05, 4.69) is 5.32 Å². The molecule has 2 aromatic carbocycles. The SMILES string of the molecule is CC(=O)c1cn(CC(=O)N2C[C@H](F)C[C@H]2C(=O)NCc2cccc(Cl)c2F)c2cc(OCC3CC3)ccc12. The molecule has 2 atom stereocenters. The molecule has 2 amide bonds. The maximum atomic E-state index is 14.4. The van der Waals surface area contributed by atoms with Crippen molar-refractivity contribution in [3.8, 4) is 5.75 Å². The molecule has 2 heterocycles. The van der Waals surface area contributed by atoms with Gasteiger partial charge in [-0.15, -0.1) is 0 Å². The Balaban J connectivity index is 1.33. The topological polar surface area (TPSA) is 80.6 Å². The summed E-state index contributed by atoms with van der Waals surface area (Å²) < 4.78 is 36.1. The Labute approximate surface area is 223 Å². The highest BCUT2D eigenvalue weighted by molar-refractivity contribution is 6.30. The summed E-state index contributed by atoms with van der Waals surface area (Å²) in [5.74, 6) is -0.622. The van der Waals surface area contributed by atoms with Gasteiger partial charge in [-0.2, -0.15) is 0 Å². The number of fused-ring (bicyclic) bond motifs is 1. The minimum absolute atomic E-state index is 0.0665. The van der Waals surface area contributed by atoms with Crippen molar-refractivity contribution in [1.29, 1.82) is 0 Å². The molecule has 7 nitrogen and oxygen atoms in total. The fourth-order valence-electron chi connectivity index (χ4n) is 4.80. The number of benzene rings is 2. The van der Waals surface area contributed by atoms with Gasteiger partial charge in [-0.1, -0.05) is 23.7 Å². The number of nitrogens with one attached hydrogen (secondary N) is 1. The molecule has 2 aliphatic rings. The van der Waals surface area contributed by atoms with E-state index in [-0.39, 0.29) is 42.4 Å². The molecule has 200 valence electrons. The van der Waals surface area contributed by atoms with Crippen molar-refractivity contribution in [2.75, 3.05) is 13.2 Å². The summed E-state index contributed by atoms with van der Waals surface area (Å²) in [5, 5.41) is 3.22. The molecular weight excluding hydrogens is 516 g/mol. The number of rotatable bonds is 9. The maximum absolute atomic E-state index is 14.4. The van der Waals surface area contributed by atoms with Crippen molar-refractivity contribution in [1.82, 2.24) is 14.8 Å². The standard InChI is InChI=1S/C28H28ClF2N3O4/c1-16(35)22-13-33(24-10-20(7-8-21(22)24)38-15-17-5-6-17)14-26(36)34-12-19(30)9-25(34)28(37)32-11-18-3-2-4-23(29)27(18)31/h2-4,7-8,10,13,17,19,25H,5-6,9,11-12,14-15H2,1H3,(H,32,37)/t19-,25+/m1/s1. The lowest BCUT2D eigenvalue weighted by atomic mass is 10.1. The number of amides is 2. The second kappa shape index (κ2) is 10.7. The quantitative estimate of drug-likeness (QED) is 0.397. The summed E-state index contributed by atoms with van der Waals surface area (Å²) in [6, 6.07) is 8.82. The van der Waals surface area contributed by atoms with Crippen LogP contribution in [0.5, 0.6) is 5.75 Å². The van der Waals surface area contributed by atoms with Crippen LogP contribution in [0.2, 0.25) is 5.02 Å². The number of Topliss-reactive ketones (excluding diaryl/α,β-unsaturated/α-hetero) is 1. The van der Waals surface area contributed by atoms with Crippen molar-refractivity contribution >= 4 is 40.1 Å². The molecule has 10 heteroatoms. The lowest BCUT2D eigenvalue weighted by Gasteiger charge is -2.24. The zero-order valence-corrected chi connectivity index (χ0v) is 21.6. The predicted octanol–water partition coefficient (Wildman–Crippen LogP) is 4.68. The Kier molecular flexibility index (Phi) is 7.38. The predicted molar refractivity (Wildman–Crippen MR) is 138 cm³/mol. The number of ether oxygens (including phenoxy) is 1. The van der Waals surface area contributed by atoms with E-state index in [1.165, 1.54) is 24.0 Å². The van der Waals surface area contributed by atoms with Crippen LogP contribution in [-0.2, 0) is 22.7 Å². The Hall–Kier alpha value is -3.46. The van der Waals surface area contributed by atoms with E-state index in [4.69, 9.17) is 16.3 Å². The summed E-state index contributed by atoms with van der Waals surface area (Å²) in [6.07, 6.45) is 2.38. The second-order valence-corrected chi connectivity index (χ2v) is 10.4. The van der Waals surface area contributed by atoms with Crippen molar-refractivity contribution < 1.29 is 27.9 Å². The molecule has 1 saturated heterocycles. The molecular formula is C28H28ClF2N3O4. The van der Waals surface area contributed by atoms with Crippen molar-refractivity contribution in [2.45, 2.75) is 51.5 Å². The first-order valence-electron chi connectivity index (χ1n) is 12.6. The van der Waals surface area contributed by atoms with Gasteiger partial charge < -0.3 is 19.5 Å². The number of ketones is 1. The first-order chi connectivity index (χ1) is 18.2. The highest BCUT2D eigenvalue weighted by Gasteiger charge is 2.39. The minimum Gasteiger partial charge on any atom is -0.493 e. The average molecular weight is 544 g/mol. The van der Waals surface area contributed by atoms with Gasteiger partial charge in [0.1, 0.15) is 30.3 Å². The van der Waals surface area contributed by atoms with E-state index in [0.717, 1.165) is 12.8 Å². The molecule has 5 rings (SSSR count). The highest BCUT2D eigenvalue weighted by atomic mass is 35.5. The Morgan fingerprint density at radius 1 is 1.18 bits per heavy atom. The first-order valence-corrected chi connectivity index (χ1v) is 13.0. The molecule has 0 spiro atoms. The van der Waals surface area contributed by atoms with E-state index in [1.807, 2.05) is 0 Å². The van der Waals surface area contributed by atoms with Gasteiger partial charge in [-0.25, -0.2) is 8.78 Å². The van der Waals surface area contributed by atoms with E-state index in [9.17, 15) is 23.2 Å². The molecule has 1 aliphatic heterocycles. The van der Waals surface area contributed by atoms with Crippen molar-refractivity contribution in [3.05, 3.63) is 64.6 Å². The summed E-state index contributed by atoms with van der Waals surface area (Å²) in [5.41, 5.74) is 1.29. The van der Waals surface area contributed by atoms with Crippen molar-refractivity contribution in [3.63, 3.8) is 0 Å². The average Bonchev–Trinajstić information content (AvgIpc) is 3.54. The largest absolute Gasteiger partial charge is 0.493 e. The third kappa shape index (κ3) is 5.53. The van der Waals surface area contributed by atoms with Gasteiger partial charge in [0.05, 0.1) is 23.7 Å². The van der Waals surface area contributed by atoms with Gasteiger partial charge in [0.2, 0.25) is 11.8 Å². The fraction of sp³-hybridized carbons (Fsp3) is 0.393. The van der Waals surface area contributed by atoms with Crippen molar-refractivity contribution in [2.24, 2.45) is 5.92 Å². The van der Waals surface area contributed by atoms with Crippen LogP contribution in [0.4, 0.5) is 8.78 Å². The van der Waals surface area contributed by atoms with E-state index < -0.39 is 29.8 Å². The lowest BCUT2D eigenvalue weighted by Crippen LogP contribution is -2.46. The van der Waals surface area contributed by atoms with Gasteiger partial charge in [0.15, 0.2) is 5.78 Å². The van der Waals surface area contributed by atoms with Gasteiger partial charge >= 0.3 is 0 Å². The van der Waals surface area contributed by atoms with E-state index in [0.29, 0.717) is 34.7 Å².